The van der Waals surface area contributed by atoms with Gasteiger partial charge < -0.3 is 18.8 Å². The molecule has 6 nitrogen and oxygen atoms in total. The zero-order valence-electron chi connectivity index (χ0n) is 16.1. The SMILES string of the molecule is CN(Cc1ccc2c(c1)OCCO2)C(=O)CCc1ncc(-c2ccccc2F)o1. The lowest BCUT2D eigenvalue weighted by Crippen LogP contribution is -2.26. The number of ether oxygens (including phenoxy) is 2. The van der Waals surface area contributed by atoms with E-state index in [-0.39, 0.29) is 18.1 Å². The van der Waals surface area contributed by atoms with Crippen LogP contribution < -0.4 is 9.47 Å². The lowest BCUT2D eigenvalue weighted by molar-refractivity contribution is -0.130. The smallest absolute Gasteiger partial charge is 0.223 e. The minimum Gasteiger partial charge on any atom is -0.486 e. The Morgan fingerprint density at radius 2 is 1.93 bits per heavy atom. The molecule has 0 radical (unpaired) electrons. The van der Waals surface area contributed by atoms with Crippen LogP contribution in [0.2, 0.25) is 0 Å². The molecule has 29 heavy (non-hydrogen) atoms. The van der Waals surface area contributed by atoms with Gasteiger partial charge in [-0.05, 0) is 29.8 Å². The quantitative estimate of drug-likeness (QED) is 0.633. The van der Waals surface area contributed by atoms with Gasteiger partial charge in [-0.1, -0.05) is 18.2 Å². The van der Waals surface area contributed by atoms with Crippen molar-refractivity contribution in [2.75, 3.05) is 20.3 Å². The lowest BCUT2D eigenvalue weighted by atomic mass is 10.1. The molecule has 0 unspecified atom stereocenters. The average Bonchev–Trinajstić information content (AvgIpc) is 3.21. The van der Waals surface area contributed by atoms with Gasteiger partial charge in [0.1, 0.15) is 19.0 Å². The van der Waals surface area contributed by atoms with Crippen molar-refractivity contribution < 1.29 is 23.1 Å². The number of aromatic nitrogens is 1. The van der Waals surface area contributed by atoms with Crippen molar-refractivity contribution >= 4 is 5.91 Å². The fraction of sp³-hybridized carbons (Fsp3) is 0.273. The molecule has 1 amide bonds. The van der Waals surface area contributed by atoms with Crippen LogP contribution in [0.4, 0.5) is 4.39 Å². The molecule has 1 aliphatic heterocycles. The van der Waals surface area contributed by atoms with Crippen LogP contribution in [0.1, 0.15) is 17.9 Å². The topological polar surface area (TPSA) is 64.8 Å². The summed E-state index contributed by atoms with van der Waals surface area (Å²) in [7, 11) is 1.75. The molecule has 0 bridgehead atoms. The number of aryl methyl sites for hydroxylation is 1. The summed E-state index contributed by atoms with van der Waals surface area (Å²) in [6, 6.07) is 12.0. The summed E-state index contributed by atoms with van der Waals surface area (Å²) in [4.78, 5) is 18.3. The van der Waals surface area contributed by atoms with Gasteiger partial charge >= 0.3 is 0 Å². The first-order valence-corrected chi connectivity index (χ1v) is 9.42. The highest BCUT2D eigenvalue weighted by molar-refractivity contribution is 5.76. The summed E-state index contributed by atoms with van der Waals surface area (Å²) in [5.74, 6) is 1.79. The number of nitrogens with zero attached hydrogens (tertiary/aromatic N) is 2. The second-order valence-electron chi connectivity index (χ2n) is 6.83. The molecule has 0 atom stereocenters. The molecule has 0 N–H and O–H groups in total. The summed E-state index contributed by atoms with van der Waals surface area (Å²) in [5.41, 5.74) is 1.32. The van der Waals surface area contributed by atoms with Crippen LogP contribution in [-0.4, -0.2) is 36.1 Å². The zero-order valence-corrected chi connectivity index (χ0v) is 16.1. The van der Waals surface area contributed by atoms with Crippen LogP contribution in [0.5, 0.6) is 11.5 Å². The highest BCUT2D eigenvalue weighted by Crippen LogP contribution is 2.31. The summed E-state index contributed by atoms with van der Waals surface area (Å²) in [5, 5.41) is 0. The van der Waals surface area contributed by atoms with Crippen molar-refractivity contribution in [1.82, 2.24) is 9.88 Å². The maximum atomic E-state index is 13.9. The van der Waals surface area contributed by atoms with Crippen molar-refractivity contribution in [3.63, 3.8) is 0 Å². The van der Waals surface area contributed by atoms with E-state index in [0.717, 1.165) is 11.3 Å². The first-order chi connectivity index (χ1) is 14.1. The molecule has 2 aromatic carbocycles. The Hall–Kier alpha value is -3.35. The van der Waals surface area contributed by atoms with E-state index in [2.05, 4.69) is 4.98 Å². The molecule has 3 aromatic rings. The van der Waals surface area contributed by atoms with E-state index in [1.165, 1.54) is 12.3 Å². The number of hydrogen-bond donors (Lipinski definition) is 0. The number of halogens is 1. The molecule has 150 valence electrons. The van der Waals surface area contributed by atoms with Crippen molar-refractivity contribution in [3.05, 3.63) is 65.9 Å². The molecule has 1 aromatic heterocycles. The fourth-order valence-corrected chi connectivity index (χ4v) is 3.16. The zero-order chi connectivity index (χ0) is 20.2. The van der Waals surface area contributed by atoms with E-state index in [1.54, 1.807) is 30.1 Å². The Labute approximate surface area is 167 Å². The summed E-state index contributed by atoms with van der Waals surface area (Å²) in [6.07, 6.45) is 2.08. The monoisotopic (exact) mass is 396 g/mol. The third-order valence-electron chi connectivity index (χ3n) is 4.70. The first-order valence-electron chi connectivity index (χ1n) is 9.42. The number of benzene rings is 2. The standard InChI is InChI=1S/C22H21FN2O4/c1-25(14-15-6-7-18-19(12-15)28-11-10-27-18)22(26)9-8-21-24-13-20(29-21)16-4-2-3-5-17(16)23/h2-7,12-13H,8-11,14H2,1H3. The van der Waals surface area contributed by atoms with Crippen molar-refractivity contribution in [1.29, 1.82) is 0 Å². The van der Waals surface area contributed by atoms with Crippen molar-refractivity contribution in [2.45, 2.75) is 19.4 Å². The molecule has 0 aliphatic carbocycles. The Morgan fingerprint density at radius 3 is 2.76 bits per heavy atom. The summed E-state index contributed by atoms with van der Waals surface area (Å²) in [6.45, 7) is 1.53. The third kappa shape index (κ3) is 4.39. The van der Waals surface area contributed by atoms with Crippen LogP contribution in [0.25, 0.3) is 11.3 Å². The number of carbonyl (C=O) groups is 1. The summed E-state index contributed by atoms with van der Waals surface area (Å²) >= 11 is 0. The minimum atomic E-state index is -0.370. The number of hydrogen-bond acceptors (Lipinski definition) is 5. The molecule has 0 saturated heterocycles. The van der Waals surface area contributed by atoms with Crippen LogP contribution in [0, 0.1) is 5.82 Å². The van der Waals surface area contributed by atoms with Crippen LogP contribution in [0.3, 0.4) is 0 Å². The fourth-order valence-electron chi connectivity index (χ4n) is 3.16. The molecule has 4 rings (SSSR count). The van der Waals surface area contributed by atoms with E-state index in [9.17, 15) is 9.18 Å². The maximum absolute atomic E-state index is 13.9. The van der Waals surface area contributed by atoms with Crippen LogP contribution in [0.15, 0.2) is 53.1 Å². The van der Waals surface area contributed by atoms with Gasteiger partial charge in [-0.3, -0.25) is 4.79 Å². The molecule has 0 saturated carbocycles. The second-order valence-corrected chi connectivity index (χ2v) is 6.83. The molecular weight excluding hydrogens is 375 g/mol. The average molecular weight is 396 g/mol. The highest BCUT2D eigenvalue weighted by atomic mass is 19.1. The predicted octanol–water partition coefficient (Wildman–Crippen LogP) is 3.84. The van der Waals surface area contributed by atoms with Gasteiger partial charge in [-0.2, -0.15) is 0 Å². The lowest BCUT2D eigenvalue weighted by Gasteiger charge is -2.21. The van der Waals surface area contributed by atoms with Gasteiger partial charge in [-0.25, -0.2) is 9.37 Å². The Bertz CT molecular complexity index is 1020. The second kappa shape index (κ2) is 8.34. The molecule has 1 aliphatic rings. The van der Waals surface area contributed by atoms with Gasteiger partial charge in [0, 0.05) is 26.4 Å². The number of carbonyl (C=O) groups excluding carboxylic acids is 1. The molecule has 0 spiro atoms. The van der Waals surface area contributed by atoms with Crippen molar-refractivity contribution in [3.8, 4) is 22.8 Å². The largest absolute Gasteiger partial charge is 0.486 e. The highest BCUT2D eigenvalue weighted by Gasteiger charge is 2.16. The minimum absolute atomic E-state index is 0.0365. The normalized spacial score (nSPS) is 12.6. The Morgan fingerprint density at radius 1 is 1.14 bits per heavy atom. The van der Waals surface area contributed by atoms with Gasteiger partial charge in [0.25, 0.3) is 0 Å². The van der Waals surface area contributed by atoms with E-state index in [0.29, 0.717) is 49.1 Å². The number of fused-ring (bicyclic) bond motifs is 1. The van der Waals surface area contributed by atoms with Crippen LogP contribution in [-0.2, 0) is 17.8 Å². The molecule has 7 heteroatoms. The van der Waals surface area contributed by atoms with Crippen molar-refractivity contribution in [2.24, 2.45) is 0 Å². The molecule has 2 heterocycles. The Kier molecular flexibility index (Phi) is 5.46. The molecular formula is C22H21FN2O4. The van der Waals surface area contributed by atoms with Gasteiger partial charge in [0.05, 0.1) is 11.8 Å². The third-order valence-corrected chi connectivity index (χ3v) is 4.70. The molecule has 0 fully saturated rings. The number of rotatable bonds is 6. The maximum Gasteiger partial charge on any atom is 0.223 e. The van der Waals surface area contributed by atoms with Gasteiger partial charge in [0.15, 0.2) is 23.1 Å². The van der Waals surface area contributed by atoms with E-state index < -0.39 is 0 Å². The van der Waals surface area contributed by atoms with Gasteiger partial charge in [0.2, 0.25) is 5.91 Å². The Balaban J connectivity index is 1.33. The summed E-state index contributed by atoms with van der Waals surface area (Å²) < 4.78 is 30.6. The number of amides is 1. The van der Waals surface area contributed by atoms with Crippen LogP contribution >= 0.6 is 0 Å². The first kappa shape index (κ1) is 19.0. The predicted molar refractivity (Wildman–Crippen MR) is 104 cm³/mol. The number of oxazole rings is 1. The van der Waals surface area contributed by atoms with E-state index in [1.807, 2.05) is 18.2 Å². The van der Waals surface area contributed by atoms with Gasteiger partial charge in [-0.15, -0.1) is 0 Å². The van der Waals surface area contributed by atoms with E-state index in [4.69, 9.17) is 13.9 Å². The van der Waals surface area contributed by atoms with E-state index >= 15 is 0 Å².